The quantitative estimate of drug-likeness (QED) is 0.484. The SMILES string of the molecule is Br.O=[N+]([O-])c1ccc(Oc2ccnc3cc(O)c4c(c23)OCCO4)c(F)c1. The van der Waals surface area contributed by atoms with Crippen LogP contribution in [0.4, 0.5) is 10.1 Å². The number of nitrogens with zero attached hydrogens (tertiary/aromatic N) is 2. The monoisotopic (exact) mass is 438 g/mol. The van der Waals surface area contributed by atoms with Gasteiger partial charge in [0.1, 0.15) is 19.0 Å². The van der Waals surface area contributed by atoms with Crippen molar-refractivity contribution in [2.24, 2.45) is 0 Å². The van der Waals surface area contributed by atoms with E-state index in [-0.39, 0.29) is 64.6 Å². The summed E-state index contributed by atoms with van der Waals surface area (Å²) in [7, 11) is 0. The van der Waals surface area contributed by atoms with E-state index in [1.54, 1.807) is 0 Å². The number of non-ortho nitro benzene ring substituents is 1. The summed E-state index contributed by atoms with van der Waals surface area (Å²) in [4.78, 5) is 14.2. The second-order valence-corrected chi connectivity index (χ2v) is 5.43. The third-order valence-electron chi connectivity index (χ3n) is 3.80. The Kier molecular flexibility index (Phi) is 5.00. The summed E-state index contributed by atoms with van der Waals surface area (Å²) >= 11 is 0. The molecule has 0 saturated heterocycles. The molecule has 0 amide bonds. The molecule has 1 aliphatic rings. The van der Waals surface area contributed by atoms with Gasteiger partial charge in [0, 0.05) is 18.3 Å². The molecule has 0 fully saturated rings. The van der Waals surface area contributed by atoms with Crippen molar-refractivity contribution >= 4 is 33.6 Å². The van der Waals surface area contributed by atoms with Crippen LogP contribution in [0.25, 0.3) is 10.9 Å². The first-order valence-electron chi connectivity index (χ1n) is 7.56. The van der Waals surface area contributed by atoms with Gasteiger partial charge in [-0.3, -0.25) is 15.1 Å². The van der Waals surface area contributed by atoms with Crippen LogP contribution >= 0.6 is 17.0 Å². The van der Waals surface area contributed by atoms with Crippen molar-refractivity contribution in [3.8, 4) is 28.7 Å². The summed E-state index contributed by atoms with van der Waals surface area (Å²) in [5.74, 6) is -0.582. The maximum absolute atomic E-state index is 14.2. The minimum atomic E-state index is -0.881. The number of phenolic OH excluding ortho intramolecular Hbond substituents is 1. The zero-order valence-electron chi connectivity index (χ0n) is 13.5. The highest BCUT2D eigenvalue weighted by Gasteiger charge is 2.24. The molecule has 140 valence electrons. The number of pyridine rings is 1. The third-order valence-corrected chi connectivity index (χ3v) is 3.80. The molecular weight excluding hydrogens is 427 g/mol. The van der Waals surface area contributed by atoms with Crippen LogP contribution in [0.1, 0.15) is 0 Å². The lowest BCUT2D eigenvalue weighted by Gasteiger charge is -2.21. The van der Waals surface area contributed by atoms with Crippen LogP contribution in [0.3, 0.4) is 0 Å². The van der Waals surface area contributed by atoms with Gasteiger partial charge in [0.2, 0.25) is 5.75 Å². The minimum absolute atomic E-state index is 0. The van der Waals surface area contributed by atoms with Gasteiger partial charge in [-0.1, -0.05) is 0 Å². The summed E-state index contributed by atoms with van der Waals surface area (Å²) in [5, 5.41) is 21.2. The van der Waals surface area contributed by atoms with Crippen LogP contribution in [0.15, 0.2) is 36.5 Å². The Morgan fingerprint density at radius 1 is 1.15 bits per heavy atom. The maximum Gasteiger partial charge on any atom is 0.272 e. The molecule has 1 N–H and O–H groups in total. The predicted octanol–water partition coefficient (Wildman–Crippen LogP) is 4.13. The van der Waals surface area contributed by atoms with Crippen LogP contribution in [0, 0.1) is 15.9 Å². The topological polar surface area (TPSA) is 104 Å². The van der Waals surface area contributed by atoms with Crippen molar-refractivity contribution < 1.29 is 28.6 Å². The lowest BCUT2D eigenvalue weighted by atomic mass is 10.1. The molecule has 3 aromatic rings. The van der Waals surface area contributed by atoms with Gasteiger partial charge in [-0.15, -0.1) is 17.0 Å². The standard InChI is InChI=1S/C17H11FN2O6.BrH/c18-10-7-9(20(22)23)1-2-13(10)26-14-3-4-19-11-8-12(21)16-17(15(11)14)25-6-5-24-16;/h1-4,7-8,21H,5-6H2;1H. The first kappa shape index (κ1) is 18.6. The molecule has 1 aromatic heterocycles. The smallest absolute Gasteiger partial charge is 0.272 e. The van der Waals surface area contributed by atoms with Crippen LogP contribution in [0.2, 0.25) is 0 Å². The number of nitro groups is 1. The van der Waals surface area contributed by atoms with E-state index in [9.17, 15) is 19.6 Å². The Balaban J connectivity index is 0.00000210. The highest BCUT2D eigenvalue weighted by atomic mass is 79.9. The fourth-order valence-electron chi connectivity index (χ4n) is 2.68. The Hall–Kier alpha value is -3.14. The molecule has 0 saturated carbocycles. The van der Waals surface area contributed by atoms with Gasteiger partial charge in [0.15, 0.2) is 23.1 Å². The van der Waals surface area contributed by atoms with Crippen LogP contribution in [-0.2, 0) is 0 Å². The molecule has 0 unspecified atom stereocenters. The highest BCUT2D eigenvalue weighted by Crippen LogP contribution is 2.47. The molecule has 8 nitrogen and oxygen atoms in total. The van der Waals surface area contributed by atoms with E-state index in [4.69, 9.17) is 14.2 Å². The fourth-order valence-corrected chi connectivity index (χ4v) is 2.68. The summed E-state index contributed by atoms with van der Waals surface area (Å²) in [5.41, 5.74) is -0.0139. The van der Waals surface area contributed by atoms with Crippen LogP contribution < -0.4 is 14.2 Å². The molecule has 2 heterocycles. The zero-order chi connectivity index (χ0) is 18.3. The Bertz CT molecular complexity index is 1050. The average Bonchev–Trinajstić information content (AvgIpc) is 2.63. The van der Waals surface area contributed by atoms with Gasteiger partial charge in [-0.25, -0.2) is 4.39 Å². The molecule has 2 aromatic carbocycles. The van der Waals surface area contributed by atoms with Gasteiger partial charge in [-0.2, -0.15) is 0 Å². The van der Waals surface area contributed by atoms with Gasteiger partial charge < -0.3 is 19.3 Å². The fraction of sp³-hybridized carbons (Fsp3) is 0.118. The van der Waals surface area contributed by atoms with Crippen molar-refractivity contribution in [3.05, 3.63) is 52.5 Å². The molecule has 0 spiro atoms. The van der Waals surface area contributed by atoms with E-state index >= 15 is 0 Å². The van der Waals surface area contributed by atoms with Gasteiger partial charge >= 0.3 is 0 Å². The van der Waals surface area contributed by atoms with E-state index in [1.807, 2.05) is 0 Å². The van der Waals surface area contributed by atoms with E-state index in [2.05, 4.69) is 4.98 Å². The molecule has 27 heavy (non-hydrogen) atoms. The Morgan fingerprint density at radius 3 is 2.59 bits per heavy atom. The number of aromatic nitrogens is 1. The minimum Gasteiger partial charge on any atom is -0.504 e. The first-order valence-corrected chi connectivity index (χ1v) is 7.56. The first-order chi connectivity index (χ1) is 12.5. The molecule has 0 radical (unpaired) electrons. The molecular formula is C17H12BrFN2O6. The van der Waals surface area contributed by atoms with Crippen LogP contribution in [-0.4, -0.2) is 28.2 Å². The molecule has 4 rings (SSSR count). The molecule has 0 atom stereocenters. The number of nitro benzene ring substituents is 1. The second-order valence-electron chi connectivity index (χ2n) is 5.43. The molecule has 0 bridgehead atoms. The number of hydrogen-bond acceptors (Lipinski definition) is 7. The molecule has 10 heteroatoms. The normalized spacial score (nSPS) is 12.3. The predicted molar refractivity (Wildman–Crippen MR) is 97.8 cm³/mol. The van der Waals surface area contributed by atoms with Crippen molar-refractivity contribution in [2.75, 3.05) is 13.2 Å². The summed E-state index contributed by atoms with van der Waals surface area (Å²) in [6.07, 6.45) is 1.43. The molecule has 1 aliphatic heterocycles. The number of rotatable bonds is 3. The highest BCUT2D eigenvalue weighted by molar-refractivity contribution is 8.93. The number of hydrogen-bond donors (Lipinski definition) is 1. The Labute approximate surface area is 162 Å². The second kappa shape index (κ2) is 7.23. The summed E-state index contributed by atoms with van der Waals surface area (Å²) in [6.45, 7) is 0.547. The van der Waals surface area contributed by atoms with Crippen LogP contribution in [0.5, 0.6) is 28.7 Å². The van der Waals surface area contributed by atoms with E-state index in [0.717, 1.165) is 12.1 Å². The lowest BCUT2D eigenvalue weighted by Crippen LogP contribution is -2.15. The summed E-state index contributed by atoms with van der Waals surface area (Å²) in [6, 6.07) is 5.98. The van der Waals surface area contributed by atoms with Gasteiger partial charge in [0.25, 0.3) is 5.69 Å². The largest absolute Gasteiger partial charge is 0.504 e. The van der Waals surface area contributed by atoms with Crippen molar-refractivity contribution in [2.45, 2.75) is 0 Å². The van der Waals surface area contributed by atoms with E-state index < -0.39 is 10.7 Å². The number of phenols is 1. The number of ether oxygens (including phenoxy) is 3. The number of halogens is 2. The number of benzene rings is 2. The lowest BCUT2D eigenvalue weighted by molar-refractivity contribution is -0.385. The maximum atomic E-state index is 14.2. The van der Waals surface area contributed by atoms with E-state index in [0.29, 0.717) is 10.9 Å². The Morgan fingerprint density at radius 2 is 1.89 bits per heavy atom. The van der Waals surface area contributed by atoms with Crippen molar-refractivity contribution in [3.63, 3.8) is 0 Å². The van der Waals surface area contributed by atoms with E-state index in [1.165, 1.54) is 24.4 Å². The summed E-state index contributed by atoms with van der Waals surface area (Å²) < 4.78 is 30.8. The average molecular weight is 439 g/mol. The third kappa shape index (κ3) is 3.31. The van der Waals surface area contributed by atoms with Crippen molar-refractivity contribution in [1.82, 2.24) is 4.98 Å². The van der Waals surface area contributed by atoms with Gasteiger partial charge in [-0.05, 0) is 12.1 Å². The number of aromatic hydroxyl groups is 1. The van der Waals surface area contributed by atoms with Crippen molar-refractivity contribution in [1.29, 1.82) is 0 Å². The zero-order valence-corrected chi connectivity index (χ0v) is 15.3. The number of fused-ring (bicyclic) bond motifs is 3. The van der Waals surface area contributed by atoms with Gasteiger partial charge in [0.05, 0.1) is 21.9 Å². The molecule has 0 aliphatic carbocycles.